The lowest BCUT2D eigenvalue weighted by atomic mass is 10.3. The van der Waals surface area contributed by atoms with Crippen molar-refractivity contribution < 1.29 is 13.5 Å². The molecule has 18 heavy (non-hydrogen) atoms. The van der Waals surface area contributed by atoms with Crippen molar-refractivity contribution in [3.8, 4) is 5.75 Å². The quantitative estimate of drug-likeness (QED) is 0.887. The molecule has 0 fully saturated rings. The van der Waals surface area contributed by atoms with Gasteiger partial charge in [0.15, 0.2) is 0 Å². The highest BCUT2D eigenvalue weighted by Gasteiger charge is 2.24. The van der Waals surface area contributed by atoms with Crippen LogP contribution in [0.3, 0.4) is 0 Å². The van der Waals surface area contributed by atoms with Crippen molar-refractivity contribution >= 4 is 21.6 Å². The van der Waals surface area contributed by atoms with E-state index in [1.54, 1.807) is 0 Å². The summed E-state index contributed by atoms with van der Waals surface area (Å²) in [5.74, 6) is -0.295. The van der Waals surface area contributed by atoms with E-state index >= 15 is 0 Å². The Labute approximate surface area is 113 Å². The van der Waals surface area contributed by atoms with Crippen LogP contribution in [0.15, 0.2) is 23.1 Å². The molecule has 0 unspecified atom stereocenters. The number of phenolic OH excluding ortho intramolecular Hbond substituents is 1. The van der Waals surface area contributed by atoms with Gasteiger partial charge in [-0.25, -0.2) is 8.42 Å². The number of rotatable bonds is 5. The third kappa shape index (κ3) is 3.58. The Morgan fingerprint density at radius 1 is 1.22 bits per heavy atom. The van der Waals surface area contributed by atoms with Gasteiger partial charge in [-0.05, 0) is 32.3 Å². The average molecular weight is 293 g/mol. The highest BCUT2D eigenvalue weighted by Crippen LogP contribution is 2.27. The highest BCUT2D eigenvalue weighted by molar-refractivity contribution is 7.89. The van der Waals surface area contributed by atoms with Crippen molar-refractivity contribution in [2.45, 2.75) is 4.90 Å². The van der Waals surface area contributed by atoms with Crippen molar-refractivity contribution in [2.24, 2.45) is 0 Å². The second kappa shape index (κ2) is 5.88. The van der Waals surface area contributed by atoms with Gasteiger partial charge in [0.2, 0.25) is 10.0 Å². The molecule has 0 aromatic heterocycles. The Morgan fingerprint density at radius 3 is 2.39 bits per heavy atom. The topological polar surface area (TPSA) is 60.9 Å². The summed E-state index contributed by atoms with van der Waals surface area (Å²) in [7, 11) is 1.47. The SMILES string of the molecule is CN(C)CCN(C)S(=O)(=O)c1cc(Cl)ccc1O. The minimum absolute atomic E-state index is 0.170. The van der Waals surface area contributed by atoms with Crippen LogP contribution in [0.5, 0.6) is 5.75 Å². The first-order chi connectivity index (χ1) is 8.25. The van der Waals surface area contributed by atoms with Crippen LogP contribution in [-0.2, 0) is 10.0 Å². The molecular weight excluding hydrogens is 276 g/mol. The lowest BCUT2D eigenvalue weighted by Gasteiger charge is -2.20. The van der Waals surface area contributed by atoms with Gasteiger partial charge in [0.25, 0.3) is 0 Å². The molecule has 0 saturated heterocycles. The van der Waals surface area contributed by atoms with Crippen LogP contribution < -0.4 is 0 Å². The van der Waals surface area contributed by atoms with Crippen LogP contribution in [0.1, 0.15) is 0 Å². The minimum atomic E-state index is -3.72. The number of hydrogen-bond donors (Lipinski definition) is 1. The second-order valence-corrected chi connectivity index (χ2v) is 6.69. The number of benzene rings is 1. The standard InChI is InChI=1S/C11H17ClN2O3S/c1-13(2)6-7-14(3)18(16,17)11-8-9(12)4-5-10(11)15/h4-5,8,15H,6-7H2,1-3H3. The normalized spacial score (nSPS) is 12.3. The molecule has 1 aromatic carbocycles. The third-order valence-corrected chi connectivity index (χ3v) is 4.59. The summed E-state index contributed by atoms with van der Waals surface area (Å²) in [5.41, 5.74) is 0. The molecular formula is C11H17ClN2O3S. The molecule has 102 valence electrons. The number of aromatic hydroxyl groups is 1. The van der Waals surface area contributed by atoms with Crippen LogP contribution in [0, 0.1) is 0 Å². The molecule has 0 heterocycles. The van der Waals surface area contributed by atoms with Gasteiger partial charge >= 0.3 is 0 Å². The van der Waals surface area contributed by atoms with E-state index in [-0.39, 0.29) is 15.7 Å². The number of sulfonamides is 1. The molecule has 0 aliphatic carbocycles. The van der Waals surface area contributed by atoms with Crippen molar-refractivity contribution in [1.82, 2.24) is 9.21 Å². The Morgan fingerprint density at radius 2 is 1.83 bits per heavy atom. The van der Waals surface area contributed by atoms with Gasteiger partial charge in [-0.15, -0.1) is 0 Å². The lowest BCUT2D eigenvalue weighted by molar-refractivity contribution is 0.357. The minimum Gasteiger partial charge on any atom is -0.507 e. The molecule has 0 bridgehead atoms. The highest BCUT2D eigenvalue weighted by atomic mass is 35.5. The fraction of sp³-hybridized carbons (Fsp3) is 0.455. The lowest BCUT2D eigenvalue weighted by Crippen LogP contribution is -2.33. The summed E-state index contributed by atoms with van der Waals surface area (Å²) < 4.78 is 25.6. The van der Waals surface area contributed by atoms with Crippen molar-refractivity contribution in [1.29, 1.82) is 0 Å². The zero-order chi connectivity index (χ0) is 13.9. The van der Waals surface area contributed by atoms with E-state index in [1.165, 1.54) is 29.6 Å². The third-order valence-electron chi connectivity index (χ3n) is 2.47. The molecule has 0 saturated carbocycles. The molecule has 1 N–H and O–H groups in total. The summed E-state index contributed by atoms with van der Waals surface area (Å²) in [6, 6.07) is 3.96. The molecule has 0 aliphatic heterocycles. The molecule has 0 atom stereocenters. The van der Waals surface area contributed by atoms with E-state index in [1.807, 2.05) is 19.0 Å². The molecule has 1 rings (SSSR count). The van der Waals surface area contributed by atoms with E-state index in [4.69, 9.17) is 11.6 Å². The van der Waals surface area contributed by atoms with Crippen LogP contribution in [-0.4, -0.2) is 57.0 Å². The van der Waals surface area contributed by atoms with E-state index in [0.29, 0.717) is 13.1 Å². The number of nitrogens with zero attached hydrogens (tertiary/aromatic N) is 2. The molecule has 1 aromatic rings. The van der Waals surface area contributed by atoms with E-state index in [9.17, 15) is 13.5 Å². The first-order valence-electron chi connectivity index (χ1n) is 5.34. The Balaban J connectivity index is 3.02. The Kier molecular flexibility index (Phi) is 4.98. The van der Waals surface area contributed by atoms with Gasteiger partial charge < -0.3 is 10.0 Å². The fourth-order valence-electron chi connectivity index (χ4n) is 1.32. The number of phenols is 1. The van der Waals surface area contributed by atoms with E-state index in [2.05, 4.69) is 0 Å². The van der Waals surface area contributed by atoms with Gasteiger partial charge in [0.1, 0.15) is 10.6 Å². The predicted molar refractivity (Wildman–Crippen MR) is 71.5 cm³/mol. The maximum Gasteiger partial charge on any atom is 0.246 e. The summed E-state index contributed by atoms with van der Waals surface area (Å²) >= 11 is 5.75. The van der Waals surface area contributed by atoms with Gasteiger partial charge in [-0.1, -0.05) is 11.6 Å². The van der Waals surface area contributed by atoms with Crippen LogP contribution in [0.4, 0.5) is 0 Å². The largest absolute Gasteiger partial charge is 0.507 e. The fourth-order valence-corrected chi connectivity index (χ4v) is 2.83. The predicted octanol–water partition coefficient (Wildman–Crippen LogP) is 1.23. The number of likely N-dealkylation sites (N-methyl/N-ethyl adjacent to an activating group) is 2. The average Bonchev–Trinajstić information content (AvgIpc) is 2.28. The first-order valence-corrected chi connectivity index (χ1v) is 7.16. The number of halogens is 1. The maximum absolute atomic E-state index is 12.2. The molecule has 0 radical (unpaired) electrons. The summed E-state index contributed by atoms with van der Waals surface area (Å²) in [6.45, 7) is 0.929. The molecule has 0 spiro atoms. The van der Waals surface area contributed by atoms with Gasteiger partial charge in [0, 0.05) is 25.2 Å². The summed E-state index contributed by atoms with van der Waals surface area (Å²) in [6.07, 6.45) is 0. The zero-order valence-corrected chi connectivity index (χ0v) is 12.2. The first kappa shape index (κ1) is 15.2. The smallest absolute Gasteiger partial charge is 0.246 e. The van der Waals surface area contributed by atoms with E-state index in [0.717, 1.165) is 0 Å². The van der Waals surface area contributed by atoms with Crippen molar-refractivity contribution in [3.63, 3.8) is 0 Å². The summed E-state index contributed by atoms with van der Waals surface area (Å²) in [5, 5.41) is 9.89. The summed E-state index contributed by atoms with van der Waals surface area (Å²) in [4.78, 5) is 1.71. The van der Waals surface area contributed by atoms with Gasteiger partial charge in [0.05, 0.1) is 0 Å². The van der Waals surface area contributed by atoms with Gasteiger partial charge in [-0.3, -0.25) is 0 Å². The van der Waals surface area contributed by atoms with E-state index < -0.39 is 10.0 Å². The van der Waals surface area contributed by atoms with Crippen molar-refractivity contribution in [3.05, 3.63) is 23.2 Å². The maximum atomic E-state index is 12.2. The van der Waals surface area contributed by atoms with Crippen LogP contribution in [0.2, 0.25) is 5.02 Å². The Hall–Kier alpha value is -0.820. The Bertz CT molecular complexity index is 517. The molecule has 0 amide bonds. The zero-order valence-electron chi connectivity index (χ0n) is 10.6. The van der Waals surface area contributed by atoms with Crippen LogP contribution in [0.25, 0.3) is 0 Å². The monoisotopic (exact) mass is 292 g/mol. The van der Waals surface area contributed by atoms with Crippen molar-refractivity contribution in [2.75, 3.05) is 34.2 Å². The molecule has 7 heteroatoms. The second-order valence-electron chi connectivity index (χ2n) is 4.24. The van der Waals surface area contributed by atoms with Crippen LogP contribution >= 0.6 is 11.6 Å². The molecule has 5 nitrogen and oxygen atoms in total. The van der Waals surface area contributed by atoms with Gasteiger partial charge in [-0.2, -0.15) is 4.31 Å². The molecule has 0 aliphatic rings. The number of hydrogen-bond acceptors (Lipinski definition) is 4.